The Bertz CT molecular complexity index is 340. The van der Waals surface area contributed by atoms with Crippen LogP contribution in [0.1, 0.15) is 28.9 Å². The lowest BCUT2D eigenvalue weighted by Crippen LogP contribution is -2.22. The molecule has 0 atom stereocenters. The fourth-order valence-electron chi connectivity index (χ4n) is 2.09. The highest BCUT2D eigenvalue weighted by molar-refractivity contribution is 5.88. The summed E-state index contributed by atoms with van der Waals surface area (Å²) in [4.78, 5) is 16.2. The van der Waals surface area contributed by atoms with Gasteiger partial charge in [0.25, 0.3) is 0 Å². The molecular formula is C11H16N2O2. The standard InChI is InChI=1S/C11H16N2O2/c14-11(15)9-3-5-12-10(9)4-8-13-6-1-2-7-13/h3,5,12H,1-2,4,6-8H2,(H,14,15). The summed E-state index contributed by atoms with van der Waals surface area (Å²) in [6.45, 7) is 3.27. The number of carboxylic acids is 1. The maximum Gasteiger partial charge on any atom is 0.337 e. The summed E-state index contributed by atoms with van der Waals surface area (Å²) in [6.07, 6.45) is 5.05. The van der Waals surface area contributed by atoms with E-state index in [0.717, 1.165) is 31.7 Å². The highest BCUT2D eigenvalue weighted by atomic mass is 16.4. The van der Waals surface area contributed by atoms with Crippen molar-refractivity contribution in [3.63, 3.8) is 0 Å². The molecule has 0 amide bonds. The van der Waals surface area contributed by atoms with Crippen molar-refractivity contribution in [2.45, 2.75) is 19.3 Å². The monoisotopic (exact) mass is 208 g/mol. The van der Waals surface area contributed by atoms with Crippen LogP contribution in [0.4, 0.5) is 0 Å². The first kappa shape index (κ1) is 10.2. The van der Waals surface area contributed by atoms with E-state index >= 15 is 0 Å². The van der Waals surface area contributed by atoms with Gasteiger partial charge in [0.1, 0.15) is 0 Å². The van der Waals surface area contributed by atoms with Crippen LogP contribution in [-0.2, 0) is 6.42 Å². The molecule has 1 aliphatic rings. The zero-order valence-electron chi connectivity index (χ0n) is 8.70. The van der Waals surface area contributed by atoms with Gasteiger partial charge in [-0.25, -0.2) is 4.79 Å². The third kappa shape index (κ3) is 2.39. The van der Waals surface area contributed by atoms with Crippen LogP contribution in [0.2, 0.25) is 0 Å². The molecule has 0 unspecified atom stereocenters. The fourth-order valence-corrected chi connectivity index (χ4v) is 2.09. The number of aromatic amines is 1. The Kier molecular flexibility index (Phi) is 3.06. The minimum atomic E-state index is -0.840. The molecule has 0 spiro atoms. The number of H-pyrrole nitrogens is 1. The lowest BCUT2D eigenvalue weighted by molar-refractivity contribution is 0.0695. The smallest absolute Gasteiger partial charge is 0.337 e. The van der Waals surface area contributed by atoms with Gasteiger partial charge in [0.2, 0.25) is 0 Å². The largest absolute Gasteiger partial charge is 0.478 e. The number of nitrogens with one attached hydrogen (secondary N) is 1. The highest BCUT2D eigenvalue weighted by Gasteiger charge is 2.14. The predicted octanol–water partition coefficient (Wildman–Crippen LogP) is 1.35. The Morgan fingerprint density at radius 3 is 2.87 bits per heavy atom. The second-order valence-electron chi connectivity index (χ2n) is 3.97. The Morgan fingerprint density at radius 1 is 1.47 bits per heavy atom. The van der Waals surface area contributed by atoms with Gasteiger partial charge < -0.3 is 15.0 Å². The first-order chi connectivity index (χ1) is 7.27. The Morgan fingerprint density at radius 2 is 2.20 bits per heavy atom. The second-order valence-corrected chi connectivity index (χ2v) is 3.97. The van der Waals surface area contributed by atoms with Gasteiger partial charge in [-0.05, 0) is 32.0 Å². The van der Waals surface area contributed by atoms with E-state index in [-0.39, 0.29) is 0 Å². The lowest BCUT2D eigenvalue weighted by Gasteiger charge is -2.13. The van der Waals surface area contributed by atoms with Crippen molar-refractivity contribution < 1.29 is 9.90 Å². The molecule has 1 fully saturated rings. The van der Waals surface area contributed by atoms with E-state index in [4.69, 9.17) is 5.11 Å². The van der Waals surface area contributed by atoms with Crippen molar-refractivity contribution in [2.75, 3.05) is 19.6 Å². The predicted molar refractivity (Wildman–Crippen MR) is 57.1 cm³/mol. The molecule has 1 aliphatic heterocycles. The normalized spacial score (nSPS) is 17.1. The molecule has 0 radical (unpaired) electrons. The van der Waals surface area contributed by atoms with E-state index in [0.29, 0.717) is 5.56 Å². The number of hydrogen-bond donors (Lipinski definition) is 2. The molecule has 0 bridgehead atoms. The first-order valence-corrected chi connectivity index (χ1v) is 5.39. The van der Waals surface area contributed by atoms with Crippen molar-refractivity contribution in [1.29, 1.82) is 0 Å². The van der Waals surface area contributed by atoms with Crippen LogP contribution < -0.4 is 0 Å². The number of aromatic nitrogens is 1. The molecule has 0 saturated carbocycles. The van der Waals surface area contributed by atoms with Gasteiger partial charge in [-0.3, -0.25) is 0 Å². The van der Waals surface area contributed by atoms with Crippen LogP contribution in [0.3, 0.4) is 0 Å². The molecule has 0 aromatic carbocycles. The van der Waals surface area contributed by atoms with Crippen molar-refractivity contribution in [2.24, 2.45) is 0 Å². The zero-order valence-corrected chi connectivity index (χ0v) is 8.70. The number of likely N-dealkylation sites (tertiary alicyclic amines) is 1. The zero-order chi connectivity index (χ0) is 10.7. The summed E-state index contributed by atoms with van der Waals surface area (Å²) in [5.41, 5.74) is 1.25. The molecule has 2 heterocycles. The topological polar surface area (TPSA) is 56.3 Å². The Balaban J connectivity index is 1.92. The minimum Gasteiger partial charge on any atom is -0.478 e. The van der Waals surface area contributed by atoms with E-state index < -0.39 is 5.97 Å². The summed E-state index contributed by atoms with van der Waals surface area (Å²) in [6, 6.07) is 1.63. The summed E-state index contributed by atoms with van der Waals surface area (Å²) in [7, 11) is 0. The van der Waals surface area contributed by atoms with Crippen LogP contribution in [0.15, 0.2) is 12.3 Å². The van der Waals surface area contributed by atoms with E-state index in [1.807, 2.05) is 0 Å². The Labute approximate surface area is 88.9 Å². The quantitative estimate of drug-likeness (QED) is 0.785. The first-order valence-electron chi connectivity index (χ1n) is 5.39. The van der Waals surface area contributed by atoms with Gasteiger partial charge in [0.15, 0.2) is 0 Å². The fraction of sp³-hybridized carbons (Fsp3) is 0.545. The maximum absolute atomic E-state index is 10.8. The molecule has 82 valence electrons. The van der Waals surface area contributed by atoms with E-state index in [9.17, 15) is 4.79 Å². The number of carbonyl (C=O) groups is 1. The van der Waals surface area contributed by atoms with Crippen LogP contribution in [0.5, 0.6) is 0 Å². The number of aromatic carboxylic acids is 1. The van der Waals surface area contributed by atoms with Gasteiger partial charge in [-0.1, -0.05) is 0 Å². The molecule has 4 heteroatoms. The van der Waals surface area contributed by atoms with Gasteiger partial charge in [0.05, 0.1) is 5.56 Å². The number of rotatable bonds is 4. The summed E-state index contributed by atoms with van der Waals surface area (Å²) < 4.78 is 0. The van der Waals surface area contributed by atoms with Gasteiger partial charge in [-0.2, -0.15) is 0 Å². The molecular weight excluding hydrogens is 192 g/mol. The highest BCUT2D eigenvalue weighted by Crippen LogP contribution is 2.11. The van der Waals surface area contributed by atoms with Gasteiger partial charge in [0, 0.05) is 24.9 Å². The second kappa shape index (κ2) is 4.49. The third-order valence-electron chi connectivity index (χ3n) is 2.94. The molecule has 1 aromatic rings. The van der Waals surface area contributed by atoms with Crippen molar-refractivity contribution in [3.8, 4) is 0 Å². The van der Waals surface area contributed by atoms with Gasteiger partial charge >= 0.3 is 5.97 Å². The van der Waals surface area contributed by atoms with Crippen LogP contribution in [0.25, 0.3) is 0 Å². The number of nitrogens with zero attached hydrogens (tertiary/aromatic N) is 1. The molecule has 2 N–H and O–H groups in total. The van der Waals surface area contributed by atoms with E-state index in [1.165, 1.54) is 12.8 Å². The van der Waals surface area contributed by atoms with E-state index in [2.05, 4.69) is 9.88 Å². The average molecular weight is 208 g/mol. The summed E-state index contributed by atoms with van der Waals surface area (Å²) >= 11 is 0. The van der Waals surface area contributed by atoms with E-state index in [1.54, 1.807) is 12.3 Å². The SMILES string of the molecule is O=C(O)c1cc[nH]c1CCN1CCCC1. The third-order valence-corrected chi connectivity index (χ3v) is 2.94. The molecule has 1 aromatic heterocycles. The van der Waals surface area contributed by atoms with Crippen molar-refractivity contribution in [1.82, 2.24) is 9.88 Å². The number of carboxylic acid groups (broad SMARTS) is 1. The molecule has 1 saturated heterocycles. The number of hydrogen-bond acceptors (Lipinski definition) is 2. The van der Waals surface area contributed by atoms with Crippen LogP contribution >= 0.6 is 0 Å². The lowest BCUT2D eigenvalue weighted by atomic mass is 10.2. The minimum absolute atomic E-state index is 0.411. The molecule has 2 rings (SSSR count). The maximum atomic E-state index is 10.8. The molecule has 4 nitrogen and oxygen atoms in total. The average Bonchev–Trinajstić information content (AvgIpc) is 2.86. The summed E-state index contributed by atoms with van der Waals surface area (Å²) in [5, 5.41) is 8.91. The molecule has 0 aliphatic carbocycles. The van der Waals surface area contributed by atoms with Gasteiger partial charge in [-0.15, -0.1) is 0 Å². The summed E-state index contributed by atoms with van der Waals surface area (Å²) in [5.74, 6) is -0.840. The Hall–Kier alpha value is -1.29. The molecule has 15 heavy (non-hydrogen) atoms. The van der Waals surface area contributed by atoms with Crippen LogP contribution in [0, 0.1) is 0 Å². The van der Waals surface area contributed by atoms with Crippen molar-refractivity contribution in [3.05, 3.63) is 23.5 Å². The van der Waals surface area contributed by atoms with Crippen LogP contribution in [-0.4, -0.2) is 40.6 Å². The van der Waals surface area contributed by atoms with Crippen molar-refractivity contribution >= 4 is 5.97 Å².